The smallest absolute Gasteiger partial charge is 0.123 e. The monoisotopic (exact) mass is 266 g/mol. The number of hydrogen-bond acceptors (Lipinski definition) is 2. The van der Waals surface area contributed by atoms with E-state index < -0.39 is 11.4 Å². The van der Waals surface area contributed by atoms with Crippen LogP contribution in [0.3, 0.4) is 0 Å². The van der Waals surface area contributed by atoms with E-state index in [1.54, 1.807) is 12.3 Å². The largest absolute Gasteiger partial charge is 0.469 e. The third-order valence-electron chi connectivity index (χ3n) is 3.51. The number of hydrogen-bond donors (Lipinski definition) is 1. The molecule has 1 aromatic heterocycles. The fourth-order valence-corrected chi connectivity index (χ4v) is 2.91. The Morgan fingerprint density at radius 3 is 2.94 bits per heavy atom. The first kappa shape index (κ1) is 11.8. The van der Waals surface area contributed by atoms with Crippen molar-refractivity contribution in [1.82, 2.24) is 0 Å². The summed E-state index contributed by atoms with van der Waals surface area (Å²) < 4.78 is 18.7. The predicted molar refractivity (Wildman–Crippen MR) is 66.1 cm³/mol. The Bertz CT molecular complexity index is 593. The van der Waals surface area contributed by atoms with Crippen molar-refractivity contribution in [3.8, 4) is 0 Å². The van der Waals surface area contributed by atoms with Gasteiger partial charge in [0.05, 0.1) is 6.26 Å². The Balaban J connectivity index is 2.20. The number of aliphatic hydroxyl groups is 1. The van der Waals surface area contributed by atoms with E-state index in [1.807, 2.05) is 0 Å². The summed E-state index contributed by atoms with van der Waals surface area (Å²) in [7, 11) is 0. The molecule has 0 bridgehead atoms. The molecule has 1 unspecified atom stereocenters. The van der Waals surface area contributed by atoms with Crippen LogP contribution in [0, 0.1) is 5.82 Å². The molecule has 0 amide bonds. The Morgan fingerprint density at radius 2 is 2.11 bits per heavy atom. The second-order valence-corrected chi connectivity index (χ2v) is 5.00. The highest BCUT2D eigenvalue weighted by Crippen LogP contribution is 2.43. The molecule has 0 spiro atoms. The first-order valence-electron chi connectivity index (χ1n) is 5.86. The van der Waals surface area contributed by atoms with Crippen molar-refractivity contribution in [3.63, 3.8) is 0 Å². The number of halogens is 2. The zero-order chi connectivity index (χ0) is 12.8. The van der Waals surface area contributed by atoms with Crippen LogP contribution in [0.2, 0.25) is 5.02 Å². The normalized spacial score (nSPS) is 22.8. The third kappa shape index (κ3) is 1.66. The minimum atomic E-state index is -1.25. The molecule has 1 atom stereocenters. The number of aryl methyl sites for hydroxylation is 1. The summed E-state index contributed by atoms with van der Waals surface area (Å²) in [6, 6.07) is 5.78. The molecule has 94 valence electrons. The van der Waals surface area contributed by atoms with E-state index in [-0.39, 0.29) is 0 Å². The number of fused-ring (bicyclic) bond motifs is 1. The molecule has 1 aliphatic rings. The molecule has 2 nitrogen and oxygen atoms in total. The lowest BCUT2D eigenvalue weighted by molar-refractivity contribution is 0.0587. The quantitative estimate of drug-likeness (QED) is 0.855. The fraction of sp³-hybridized carbons (Fsp3) is 0.286. The van der Waals surface area contributed by atoms with Gasteiger partial charge in [0, 0.05) is 22.6 Å². The van der Waals surface area contributed by atoms with Crippen LogP contribution in [0.15, 0.2) is 34.9 Å². The van der Waals surface area contributed by atoms with Crippen LogP contribution in [0.4, 0.5) is 4.39 Å². The highest BCUT2D eigenvalue weighted by Gasteiger charge is 2.39. The minimum absolute atomic E-state index is 0.368. The Labute approximate surface area is 109 Å². The van der Waals surface area contributed by atoms with E-state index in [1.165, 1.54) is 18.2 Å². The second kappa shape index (κ2) is 4.11. The van der Waals surface area contributed by atoms with Crippen molar-refractivity contribution in [2.24, 2.45) is 0 Å². The van der Waals surface area contributed by atoms with Gasteiger partial charge in [0.15, 0.2) is 0 Å². The van der Waals surface area contributed by atoms with Crippen molar-refractivity contribution < 1.29 is 13.9 Å². The maximum atomic E-state index is 13.4. The molecule has 0 aliphatic heterocycles. The van der Waals surface area contributed by atoms with Gasteiger partial charge >= 0.3 is 0 Å². The summed E-state index contributed by atoms with van der Waals surface area (Å²) in [6.07, 6.45) is 3.64. The van der Waals surface area contributed by atoms with Crippen LogP contribution in [-0.2, 0) is 12.0 Å². The maximum Gasteiger partial charge on any atom is 0.123 e. The summed E-state index contributed by atoms with van der Waals surface area (Å²) in [4.78, 5) is 0. The van der Waals surface area contributed by atoms with Gasteiger partial charge in [-0.05, 0) is 37.1 Å². The topological polar surface area (TPSA) is 33.4 Å². The van der Waals surface area contributed by atoms with E-state index in [4.69, 9.17) is 16.0 Å². The van der Waals surface area contributed by atoms with Crippen LogP contribution in [0.25, 0.3) is 0 Å². The van der Waals surface area contributed by atoms with E-state index in [9.17, 15) is 9.50 Å². The maximum absolute atomic E-state index is 13.4. The van der Waals surface area contributed by atoms with Gasteiger partial charge in [0.25, 0.3) is 0 Å². The number of rotatable bonds is 1. The molecule has 0 fully saturated rings. The second-order valence-electron chi connectivity index (χ2n) is 4.60. The van der Waals surface area contributed by atoms with Crippen molar-refractivity contribution in [2.75, 3.05) is 0 Å². The molecule has 4 heteroatoms. The summed E-state index contributed by atoms with van der Waals surface area (Å²) >= 11 is 6.10. The molecule has 2 aromatic rings. The zero-order valence-corrected chi connectivity index (χ0v) is 10.4. The molecule has 1 aromatic carbocycles. The highest BCUT2D eigenvalue weighted by atomic mass is 35.5. The van der Waals surface area contributed by atoms with Gasteiger partial charge in [-0.3, -0.25) is 0 Å². The first-order valence-corrected chi connectivity index (χ1v) is 6.24. The molecule has 3 rings (SSSR count). The van der Waals surface area contributed by atoms with Gasteiger partial charge < -0.3 is 9.52 Å². The van der Waals surface area contributed by atoms with Gasteiger partial charge in [-0.25, -0.2) is 4.39 Å². The highest BCUT2D eigenvalue weighted by molar-refractivity contribution is 6.31. The van der Waals surface area contributed by atoms with Crippen LogP contribution in [-0.4, -0.2) is 5.11 Å². The summed E-state index contributed by atoms with van der Waals surface area (Å²) in [6.45, 7) is 0. The lowest BCUT2D eigenvalue weighted by Gasteiger charge is -2.32. The molecule has 0 radical (unpaired) electrons. The number of furan rings is 1. The molecular weight excluding hydrogens is 255 g/mol. The molecule has 1 aliphatic carbocycles. The standard InChI is InChI=1S/C14H12ClFO2/c15-12-4-3-9(16)8-11(12)14(17)6-1-2-13-10(14)5-7-18-13/h3-5,7-8,17H,1-2,6H2. The average molecular weight is 267 g/mol. The lowest BCUT2D eigenvalue weighted by Crippen LogP contribution is -2.31. The zero-order valence-electron chi connectivity index (χ0n) is 9.62. The lowest BCUT2D eigenvalue weighted by atomic mass is 9.78. The summed E-state index contributed by atoms with van der Waals surface area (Å²) in [5.41, 5.74) is -0.146. The molecule has 18 heavy (non-hydrogen) atoms. The van der Waals surface area contributed by atoms with Crippen molar-refractivity contribution in [3.05, 3.63) is 58.3 Å². The van der Waals surface area contributed by atoms with Crippen molar-refractivity contribution >= 4 is 11.6 Å². The van der Waals surface area contributed by atoms with Gasteiger partial charge in [0.2, 0.25) is 0 Å². The Kier molecular flexibility index (Phi) is 2.68. The molecule has 0 saturated carbocycles. The van der Waals surface area contributed by atoms with Gasteiger partial charge in [-0.15, -0.1) is 0 Å². The van der Waals surface area contributed by atoms with Crippen molar-refractivity contribution in [2.45, 2.75) is 24.9 Å². The van der Waals surface area contributed by atoms with Crippen LogP contribution in [0.1, 0.15) is 29.7 Å². The van der Waals surface area contributed by atoms with Crippen LogP contribution >= 0.6 is 11.6 Å². The van der Waals surface area contributed by atoms with Crippen LogP contribution in [0.5, 0.6) is 0 Å². The molecule has 1 N–H and O–H groups in total. The van der Waals surface area contributed by atoms with Gasteiger partial charge in [0.1, 0.15) is 17.2 Å². The van der Waals surface area contributed by atoms with E-state index in [0.717, 1.165) is 18.6 Å². The molecule has 1 heterocycles. The van der Waals surface area contributed by atoms with E-state index in [0.29, 0.717) is 22.6 Å². The third-order valence-corrected chi connectivity index (χ3v) is 3.84. The minimum Gasteiger partial charge on any atom is -0.469 e. The van der Waals surface area contributed by atoms with E-state index >= 15 is 0 Å². The Hall–Kier alpha value is -1.32. The van der Waals surface area contributed by atoms with E-state index in [2.05, 4.69) is 0 Å². The number of benzene rings is 1. The predicted octanol–water partition coefficient (Wildman–Crippen LogP) is 3.64. The molecule has 0 saturated heterocycles. The summed E-state index contributed by atoms with van der Waals surface area (Å²) in [5.74, 6) is 0.350. The van der Waals surface area contributed by atoms with Gasteiger partial charge in [-0.1, -0.05) is 11.6 Å². The summed E-state index contributed by atoms with van der Waals surface area (Å²) in [5, 5.41) is 11.2. The Morgan fingerprint density at radius 1 is 1.28 bits per heavy atom. The van der Waals surface area contributed by atoms with Crippen molar-refractivity contribution in [1.29, 1.82) is 0 Å². The SMILES string of the molecule is OC1(c2cc(F)ccc2Cl)CCCc2occc21. The van der Waals surface area contributed by atoms with Gasteiger partial charge in [-0.2, -0.15) is 0 Å². The van der Waals surface area contributed by atoms with Crippen LogP contribution < -0.4 is 0 Å². The fourth-order valence-electron chi connectivity index (χ4n) is 2.64. The first-order chi connectivity index (χ1) is 8.61. The molecular formula is C14H12ClFO2. The average Bonchev–Trinajstić information content (AvgIpc) is 2.82.